The highest BCUT2D eigenvalue weighted by Gasteiger charge is 2.26. The number of rotatable bonds is 5. The van der Waals surface area contributed by atoms with E-state index >= 15 is 0 Å². The van der Waals surface area contributed by atoms with Gasteiger partial charge in [0.1, 0.15) is 6.10 Å². The van der Waals surface area contributed by atoms with Gasteiger partial charge in [-0.25, -0.2) is 0 Å². The number of nitrogens with zero attached hydrogens (tertiary/aromatic N) is 1. The minimum atomic E-state index is -4.34. The molecule has 0 saturated carbocycles. The lowest BCUT2D eigenvalue weighted by molar-refractivity contribution is 0.0798. The number of hydrogen-bond acceptors (Lipinski definition) is 4. The van der Waals surface area contributed by atoms with Crippen molar-refractivity contribution < 1.29 is 17.7 Å². The predicted octanol–water partition coefficient (Wildman–Crippen LogP) is 1.86. The maximum absolute atomic E-state index is 10.8. The van der Waals surface area contributed by atoms with E-state index in [1.807, 2.05) is 4.72 Å². The molecule has 0 saturated heterocycles. The molecule has 0 aliphatic rings. The van der Waals surface area contributed by atoms with Crippen LogP contribution in [0.1, 0.15) is 18.6 Å². The standard InChI is InChI=1S/C9H12Cl2N2O4S/c1-5(13-18(14,15)16)9(17-2)8-6(10)3-12-4-7(8)11/h3-5,9,13H,1-2H3,(H,14,15,16)/t5-,9+/m1/s1. The first-order valence-electron chi connectivity index (χ1n) is 4.82. The van der Waals surface area contributed by atoms with E-state index in [2.05, 4.69) is 4.98 Å². The summed E-state index contributed by atoms with van der Waals surface area (Å²) in [6, 6.07) is -0.762. The Morgan fingerprint density at radius 3 is 2.28 bits per heavy atom. The molecule has 0 fully saturated rings. The van der Waals surface area contributed by atoms with Crippen molar-refractivity contribution in [2.75, 3.05) is 7.11 Å². The van der Waals surface area contributed by atoms with Crippen LogP contribution in [0.2, 0.25) is 10.0 Å². The Labute approximate surface area is 115 Å². The Bertz CT molecular complexity index is 503. The van der Waals surface area contributed by atoms with Crippen LogP contribution in [0, 0.1) is 0 Å². The van der Waals surface area contributed by atoms with Crippen molar-refractivity contribution >= 4 is 33.5 Å². The monoisotopic (exact) mass is 314 g/mol. The van der Waals surface area contributed by atoms with E-state index in [1.165, 1.54) is 26.4 Å². The maximum Gasteiger partial charge on any atom is 0.333 e. The second-order valence-corrected chi connectivity index (χ2v) is 5.55. The van der Waals surface area contributed by atoms with Gasteiger partial charge >= 0.3 is 10.3 Å². The molecular formula is C9H12Cl2N2O4S. The van der Waals surface area contributed by atoms with Crippen LogP contribution in [0.5, 0.6) is 0 Å². The Morgan fingerprint density at radius 2 is 1.89 bits per heavy atom. The van der Waals surface area contributed by atoms with Crippen molar-refractivity contribution in [1.82, 2.24) is 9.71 Å². The van der Waals surface area contributed by atoms with Gasteiger partial charge in [0.05, 0.1) is 16.1 Å². The van der Waals surface area contributed by atoms with E-state index in [0.29, 0.717) is 5.56 Å². The molecule has 1 aromatic heterocycles. The molecule has 0 bridgehead atoms. The largest absolute Gasteiger partial charge is 0.375 e. The zero-order chi connectivity index (χ0) is 13.9. The molecule has 0 aliphatic carbocycles. The van der Waals surface area contributed by atoms with E-state index in [1.54, 1.807) is 0 Å². The fourth-order valence-electron chi connectivity index (χ4n) is 1.56. The molecule has 0 radical (unpaired) electrons. The topological polar surface area (TPSA) is 88.5 Å². The van der Waals surface area contributed by atoms with E-state index in [0.717, 1.165) is 0 Å². The molecule has 0 aliphatic heterocycles. The second-order valence-electron chi connectivity index (χ2n) is 3.55. The fourth-order valence-corrected chi connectivity index (χ4v) is 2.73. The summed E-state index contributed by atoms with van der Waals surface area (Å²) in [5.74, 6) is 0. The van der Waals surface area contributed by atoms with Crippen molar-refractivity contribution in [3.05, 3.63) is 28.0 Å². The SMILES string of the molecule is CO[C@H](c1c(Cl)cncc1Cl)[C@@H](C)NS(=O)(=O)O. The molecule has 1 rings (SSSR count). The first kappa shape index (κ1) is 15.6. The van der Waals surface area contributed by atoms with Gasteiger partial charge in [0.2, 0.25) is 0 Å². The average molecular weight is 315 g/mol. The number of pyridine rings is 1. The number of ether oxygens (including phenoxy) is 1. The summed E-state index contributed by atoms with van der Waals surface area (Å²) in [4.78, 5) is 3.79. The van der Waals surface area contributed by atoms with E-state index < -0.39 is 22.4 Å². The molecule has 102 valence electrons. The van der Waals surface area contributed by atoms with Crippen molar-refractivity contribution in [2.45, 2.75) is 19.1 Å². The van der Waals surface area contributed by atoms with Crippen molar-refractivity contribution in [3.63, 3.8) is 0 Å². The highest BCUT2D eigenvalue weighted by atomic mass is 35.5. The van der Waals surface area contributed by atoms with Gasteiger partial charge in [-0.3, -0.25) is 9.54 Å². The summed E-state index contributed by atoms with van der Waals surface area (Å²) in [6.07, 6.45) is 1.99. The van der Waals surface area contributed by atoms with Crippen molar-refractivity contribution in [1.29, 1.82) is 0 Å². The van der Waals surface area contributed by atoms with Crippen LogP contribution in [0.4, 0.5) is 0 Å². The summed E-state index contributed by atoms with van der Waals surface area (Å²) >= 11 is 11.9. The Morgan fingerprint density at radius 1 is 1.39 bits per heavy atom. The van der Waals surface area contributed by atoms with Crippen LogP contribution < -0.4 is 4.72 Å². The summed E-state index contributed by atoms with van der Waals surface area (Å²) in [6.45, 7) is 1.51. The van der Waals surface area contributed by atoms with Gasteiger partial charge in [-0.05, 0) is 6.92 Å². The van der Waals surface area contributed by atoms with Crippen LogP contribution in [0.25, 0.3) is 0 Å². The van der Waals surface area contributed by atoms with Gasteiger partial charge < -0.3 is 4.74 Å². The van der Waals surface area contributed by atoms with E-state index in [4.69, 9.17) is 32.5 Å². The highest BCUT2D eigenvalue weighted by Crippen LogP contribution is 2.33. The highest BCUT2D eigenvalue weighted by molar-refractivity contribution is 7.83. The van der Waals surface area contributed by atoms with Gasteiger partial charge in [-0.1, -0.05) is 23.2 Å². The molecule has 2 N–H and O–H groups in total. The second kappa shape index (κ2) is 6.14. The van der Waals surface area contributed by atoms with Crippen LogP contribution in [-0.2, 0) is 15.0 Å². The number of aromatic nitrogens is 1. The lowest BCUT2D eigenvalue weighted by atomic mass is 10.1. The average Bonchev–Trinajstić information content (AvgIpc) is 2.20. The predicted molar refractivity (Wildman–Crippen MR) is 68.2 cm³/mol. The van der Waals surface area contributed by atoms with Crippen LogP contribution in [0.3, 0.4) is 0 Å². The maximum atomic E-state index is 10.8. The van der Waals surface area contributed by atoms with Gasteiger partial charge in [-0.2, -0.15) is 13.1 Å². The number of nitrogens with one attached hydrogen (secondary N) is 1. The summed E-state index contributed by atoms with van der Waals surface area (Å²) in [7, 11) is -2.97. The number of halogens is 2. The molecule has 1 heterocycles. The third-order valence-electron chi connectivity index (χ3n) is 2.22. The number of hydrogen-bond donors (Lipinski definition) is 2. The quantitative estimate of drug-likeness (QED) is 0.810. The van der Waals surface area contributed by atoms with Gasteiger partial charge in [0.25, 0.3) is 0 Å². The van der Waals surface area contributed by atoms with Gasteiger partial charge in [0, 0.05) is 25.1 Å². The molecule has 0 aromatic carbocycles. The van der Waals surface area contributed by atoms with Gasteiger partial charge in [0.15, 0.2) is 0 Å². The number of methoxy groups -OCH3 is 1. The zero-order valence-electron chi connectivity index (χ0n) is 9.59. The molecule has 2 atom stereocenters. The lowest BCUT2D eigenvalue weighted by Gasteiger charge is -2.24. The molecule has 9 heteroatoms. The third-order valence-corrected chi connectivity index (χ3v) is 3.49. The molecule has 1 aromatic rings. The lowest BCUT2D eigenvalue weighted by Crippen LogP contribution is -2.37. The summed E-state index contributed by atoms with van der Waals surface area (Å²) in [5.41, 5.74) is 0.402. The first-order chi connectivity index (χ1) is 8.26. The van der Waals surface area contributed by atoms with Crippen LogP contribution >= 0.6 is 23.2 Å². The molecule has 6 nitrogen and oxygen atoms in total. The van der Waals surface area contributed by atoms with Gasteiger partial charge in [-0.15, -0.1) is 0 Å². The molecule has 18 heavy (non-hydrogen) atoms. The van der Waals surface area contributed by atoms with Crippen LogP contribution in [0.15, 0.2) is 12.4 Å². The van der Waals surface area contributed by atoms with Crippen molar-refractivity contribution in [2.24, 2.45) is 0 Å². The fraction of sp³-hybridized carbons (Fsp3) is 0.444. The molecule has 0 spiro atoms. The molecular weight excluding hydrogens is 303 g/mol. The zero-order valence-corrected chi connectivity index (χ0v) is 11.9. The third kappa shape index (κ3) is 4.04. The Kier molecular flexibility index (Phi) is 5.32. The normalized spacial score (nSPS) is 15.4. The smallest absolute Gasteiger partial charge is 0.333 e. The minimum Gasteiger partial charge on any atom is -0.375 e. The Balaban J connectivity index is 3.10. The minimum absolute atomic E-state index is 0.248. The first-order valence-corrected chi connectivity index (χ1v) is 7.02. The summed E-state index contributed by atoms with van der Waals surface area (Å²) < 4.78 is 37.5. The Hall–Kier alpha value is -0.440. The van der Waals surface area contributed by atoms with Crippen LogP contribution in [-0.4, -0.2) is 31.1 Å². The summed E-state index contributed by atoms with van der Waals surface area (Å²) in [5, 5.41) is 0.497. The van der Waals surface area contributed by atoms with E-state index in [-0.39, 0.29) is 10.0 Å². The molecule has 0 amide bonds. The van der Waals surface area contributed by atoms with E-state index in [9.17, 15) is 8.42 Å². The van der Waals surface area contributed by atoms with Crippen molar-refractivity contribution in [3.8, 4) is 0 Å². The molecule has 0 unspecified atom stereocenters.